The maximum Gasteiger partial charge on any atom is 0.208 e. The second kappa shape index (κ2) is 4.78. The molecule has 1 atom stereocenters. The highest BCUT2D eigenvalue weighted by atomic mass is 16.1. The van der Waals surface area contributed by atoms with Crippen molar-refractivity contribution in [3.63, 3.8) is 0 Å². The minimum Gasteiger partial charge on any atom is -0.344 e. The molecule has 0 bridgehead atoms. The molecule has 0 aliphatic carbocycles. The molecule has 0 aliphatic rings. The summed E-state index contributed by atoms with van der Waals surface area (Å²) in [5.41, 5.74) is 0.324. The fraction of sp³-hybridized carbons (Fsp3) is 0.909. The van der Waals surface area contributed by atoms with Crippen molar-refractivity contribution >= 4 is 6.41 Å². The molecule has 0 spiro atoms. The molecular weight excluding hydrogens is 176 g/mol. The van der Waals surface area contributed by atoms with Crippen LogP contribution in [0.15, 0.2) is 0 Å². The number of hydrogen-bond donors (Lipinski definition) is 2. The fourth-order valence-electron chi connectivity index (χ4n) is 2.11. The molecule has 1 unspecified atom stereocenters. The van der Waals surface area contributed by atoms with Gasteiger partial charge >= 0.3 is 0 Å². The van der Waals surface area contributed by atoms with Crippen LogP contribution in [-0.2, 0) is 4.79 Å². The first-order valence-corrected chi connectivity index (χ1v) is 5.14. The van der Waals surface area contributed by atoms with Gasteiger partial charge in [0.1, 0.15) is 0 Å². The first-order valence-electron chi connectivity index (χ1n) is 5.14. The third-order valence-electron chi connectivity index (χ3n) is 1.90. The highest BCUT2D eigenvalue weighted by Gasteiger charge is 2.26. The molecule has 3 nitrogen and oxygen atoms in total. The maximum absolute atomic E-state index is 10.2. The number of nitrogens with one attached hydrogen (secondary N) is 2. The van der Waals surface area contributed by atoms with Gasteiger partial charge in [-0.15, -0.1) is 0 Å². The summed E-state index contributed by atoms with van der Waals surface area (Å²) >= 11 is 0. The van der Waals surface area contributed by atoms with E-state index >= 15 is 0 Å². The van der Waals surface area contributed by atoms with Crippen LogP contribution in [0.25, 0.3) is 0 Å². The van der Waals surface area contributed by atoms with Crippen molar-refractivity contribution in [2.75, 3.05) is 0 Å². The van der Waals surface area contributed by atoms with Gasteiger partial charge < -0.3 is 5.32 Å². The number of carbonyl (C=O) groups excluding carboxylic acids is 1. The molecular formula is C11H24N2O. The fourth-order valence-corrected chi connectivity index (χ4v) is 2.11. The topological polar surface area (TPSA) is 41.1 Å². The van der Waals surface area contributed by atoms with Gasteiger partial charge in [-0.1, -0.05) is 20.8 Å². The molecule has 3 heteroatoms. The molecule has 0 aliphatic heterocycles. The zero-order chi connectivity index (χ0) is 11.4. The standard InChI is InChI=1S/C11H24N2O/c1-9(12-8-14)13-11(5,6)7-10(2,3)4/h8-9,13H,7H2,1-6H3,(H,12,14). The van der Waals surface area contributed by atoms with Gasteiger partial charge in [0, 0.05) is 5.54 Å². The molecule has 2 N–H and O–H groups in total. The normalized spacial score (nSPS) is 15.0. The van der Waals surface area contributed by atoms with E-state index in [2.05, 4.69) is 45.3 Å². The van der Waals surface area contributed by atoms with E-state index in [1.165, 1.54) is 0 Å². The molecule has 0 radical (unpaired) electrons. The molecule has 0 aromatic heterocycles. The average molecular weight is 200 g/mol. The first-order chi connectivity index (χ1) is 6.16. The predicted molar refractivity (Wildman–Crippen MR) is 59.9 cm³/mol. The Balaban J connectivity index is 4.12. The Morgan fingerprint density at radius 1 is 1.21 bits per heavy atom. The van der Waals surface area contributed by atoms with Crippen LogP contribution >= 0.6 is 0 Å². The van der Waals surface area contributed by atoms with Crippen molar-refractivity contribution in [2.45, 2.75) is 59.7 Å². The second-order valence-electron chi connectivity index (χ2n) is 5.77. The molecule has 14 heavy (non-hydrogen) atoms. The van der Waals surface area contributed by atoms with E-state index in [1.54, 1.807) is 0 Å². The maximum atomic E-state index is 10.2. The van der Waals surface area contributed by atoms with Crippen LogP contribution in [0.4, 0.5) is 0 Å². The Labute approximate surface area is 87.6 Å². The van der Waals surface area contributed by atoms with E-state index < -0.39 is 0 Å². The molecule has 0 saturated carbocycles. The highest BCUT2D eigenvalue weighted by Crippen LogP contribution is 2.26. The molecule has 0 fully saturated rings. The summed E-state index contributed by atoms with van der Waals surface area (Å²) in [5.74, 6) is 0. The van der Waals surface area contributed by atoms with Crippen LogP contribution in [-0.4, -0.2) is 18.1 Å². The third-order valence-corrected chi connectivity index (χ3v) is 1.90. The van der Waals surface area contributed by atoms with Gasteiger partial charge in [-0.3, -0.25) is 10.1 Å². The Kier molecular flexibility index (Phi) is 4.59. The number of carbonyl (C=O) groups is 1. The molecule has 1 amide bonds. The summed E-state index contributed by atoms with van der Waals surface area (Å²) < 4.78 is 0. The van der Waals surface area contributed by atoms with E-state index in [-0.39, 0.29) is 17.1 Å². The Hall–Kier alpha value is -0.570. The zero-order valence-corrected chi connectivity index (χ0v) is 10.3. The predicted octanol–water partition coefficient (Wildman–Crippen LogP) is 1.88. The van der Waals surface area contributed by atoms with E-state index in [1.807, 2.05) is 6.92 Å². The van der Waals surface area contributed by atoms with E-state index in [9.17, 15) is 4.79 Å². The summed E-state index contributed by atoms with van der Waals surface area (Å²) in [6.07, 6.45) is 1.81. The van der Waals surface area contributed by atoms with E-state index in [0.717, 1.165) is 12.8 Å². The van der Waals surface area contributed by atoms with Gasteiger partial charge in [0.15, 0.2) is 0 Å². The Bertz CT molecular complexity index is 182. The summed E-state index contributed by atoms with van der Waals surface area (Å²) in [7, 11) is 0. The quantitative estimate of drug-likeness (QED) is 0.525. The number of hydrogen-bond acceptors (Lipinski definition) is 2. The largest absolute Gasteiger partial charge is 0.344 e. The van der Waals surface area contributed by atoms with Gasteiger partial charge in [0.2, 0.25) is 6.41 Å². The zero-order valence-electron chi connectivity index (χ0n) is 10.3. The third kappa shape index (κ3) is 6.89. The van der Waals surface area contributed by atoms with Crippen LogP contribution in [0.2, 0.25) is 0 Å². The molecule has 84 valence electrons. The molecule has 0 saturated heterocycles. The van der Waals surface area contributed by atoms with Crippen molar-refractivity contribution in [3.05, 3.63) is 0 Å². The molecule has 0 aromatic rings. The lowest BCUT2D eigenvalue weighted by Gasteiger charge is -2.35. The number of rotatable bonds is 5. The first kappa shape index (κ1) is 13.4. The Morgan fingerprint density at radius 3 is 2.07 bits per heavy atom. The van der Waals surface area contributed by atoms with Crippen molar-refractivity contribution in [1.82, 2.24) is 10.6 Å². The van der Waals surface area contributed by atoms with Gasteiger partial charge in [-0.05, 0) is 32.6 Å². The molecule has 0 aromatic carbocycles. The minimum absolute atomic E-state index is 0.0184. The summed E-state index contributed by atoms with van der Waals surface area (Å²) in [6.45, 7) is 12.9. The van der Waals surface area contributed by atoms with Crippen LogP contribution in [0.3, 0.4) is 0 Å². The van der Waals surface area contributed by atoms with Crippen molar-refractivity contribution in [2.24, 2.45) is 5.41 Å². The smallest absolute Gasteiger partial charge is 0.208 e. The monoisotopic (exact) mass is 200 g/mol. The second-order valence-corrected chi connectivity index (χ2v) is 5.77. The lowest BCUT2D eigenvalue weighted by atomic mass is 9.82. The van der Waals surface area contributed by atoms with Crippen LogP contribution in [0, 0.1) is 5.41 Å². The summed E-state index contributed by atoms with van der Waals surface area (Å²) in [4.78, 5) is 10.2. The average Bonchev–Trinajstić information content (AvgIpc) is 1.78. The Morgan fingerprint density at radius 2 is 1.71 bits per heavy atom. The van der Waals surface area contributed by atoms with Crippen molar-refractivity contribution in [1.29, 1.82) is 0 Å². The lowest BCUT2D eigenvalue weighted by Crippen LogP contribution is -2.52. The van der Waals surface area contributed by atoms with E-state index in [4.69, 9.17) is 0 Å². The summed E-state index contributed by atoms with van der Waals surface area (Å²) in [5, 5.41) is 6.07. The molecule has 0 rings (SSSR count). The van der Waals surface area contributed by atoms with Crippen LogP contribution in [0.5, 0.6) is 0 Å². The van der Waals surface area contributed by atoms with Gasteiger partial charge in [0.25, 0.3) is 0 Å². The SMILES string of the molecule is CC(NC=O)NC(C)(C)CC(C)(C)C. The van der Waals surface area contributed by atoms with Gasteiger partial charge in [-0.2, -0.15) is 0 Å². The van der Waals surface area contributed by atoms with Crippen molar-refractivity contribution < 1.29 is 4.79 Å². The van der Waals surface area contributed by atoms with Crippen LogP contribution in [0.1, 0.15) is 48.0 Å². The lowest BCUT2D eigenvalue weighted by molar-refractivity contribution is -0.110. The summed E-state index contributed by atoms with van der Waals surface area (Å²) in [6, 6.07) is 0. The number of amides is 1. The highest BCUT2D eigenvalue weighted by molar-refractivity contribution is 5.46. The molecule has 0 heterocycles. The minimum atomic E-state index is 0.0184. The van der Waals surface area contributed by atoms with Crippen LogP contribution < -0.4 is 10.6 Å². The van der Waals surface area contributed by atoms with Gasteiger partial charge in [-0.25, -0.2) is 0 Å². The van der Waals surface area contributed by atoms with E-state index in [0.29, 0.717) is 0 Å². The van der Waals surface area contributed by atoms with Gasteiger partial charge in [0.05, 0.1) is 6.17 Å². The van der Waals surface area contributed by atoms with Crippen molar-refractivity contribution in [3.8, 4) is 0 Å².